The third-order valence-electron chi connectivity index (χ3n) is 2.41. The molecule has 0 radical (unpaired) electrons. The minimum atomic E-state index is 0.282. The van der Waals surface area contributed by atoms with E-state index in [0.29, 0.717) is 12.5 Å². The molecule has 3 heteroatoms. The van der Waals surface area contributed by atoms with Gasteiger partial charge in [0.05, 0.1) is 0 Å². The molecule has 1 heterocycles. The Morgan fingerprint density at radius 3 is 2.58 bits per heavy atom. The van der Waals surface area contributed by atoms with E-state index in [1.165, 1.54) is 0 Å². The minimum absolute atomic E-state index is 0.282. The molecule has 0 unspecified atom stereocenters. The molecule has 1 rings (SSSR count). The van der Waals surface area contributed by atoms with E-state index in [2.05, 4.69) is 4.90 Å². The largest absolute Gasteiger partial charge is 0.328 e. The number of nitrogens with two attached hydrogens (primary N) is 1. The van der Waals surface area contributed by atoms with Gasteiger partial charge in [-0.05, 0) is 32.9 Å². The SMILES string of the molecule is CC(=O)CCN1CCC(N)CC1. The molecule has 3 nitrogen and oxygen atoms in total. The van der Waals surface area contributed by atoms with Crippen molar-refractivity contribution < 1.29 is 4.79 Å². The van der Waals surface area contributed by atoms with Gasteiger partial charge in [0.15, 0.2) is 0 Å². The predicted molar refractivity (Wildman–Crippen MR) is 48.9 cm³/mol. The summed E-state index contributed by atoms with van der Waals surface area (Å²) in [4.78, 5) is 13.0. The van der Waals surface area contributed by atoms with Crippen LogP contribution in [0.25, 0.3) is 0 Å². The van der Waals surface area contributed by atoms with Gasteiger partial charge in [0, 0.05) is 19.0 Å². The van der Waals surface area contributed by atoms with Gasteiger partial charge in [-0.1, -0.05) is 0 Å². The van der Waals surface area contributed by atoms with Gasteiger partial charge in [-0.2, -0.15) is 0 Å². The van der Waals surface area contributed by atoms with Crippen LogP contribution in [-0.4, -0.2) is 36.4 Å². The molecule has 12 heavy (non-hydrogen) atoms. The smallest absolute Gasteiger partial charge is 0.131 e. The summed E-state index contributed by atoms with van der Waals surface area (Å²) in [6, 6.07) is 0.388. The molecule has 0 aromatic heterocycles. The van der Waals surface area contributed by atoms with E-state index in [1.807, 2.05) is 0 Å². The highest BCUT2D eigenvalue weighted by Crippen LogP contribution is 2.08. The van der Waals surface area contributed by atoms with E-state index in [0.717, 1.165) is 32.5 Å². The van der Waals surface area contributed by atoms with E-state index >= 15 is 0 Å². The lowest BCUT2D eigenvalue weighted by Crippen LogP contribution is -2.40. The lowest BCUT2D eigenvalue weighted by molar-refractivity contribution is -0.117. The number of rotatable bonds is 3. The van der Waals surface area contributed by atoms with Crippen LogP contribution >= 0.6 is 0 Å². The van der Waals surface area contributed by atoms with Gasteiger partial charge in [0.1, 0.15) is 5.78 Å². The van der Waals surface area contributed by atoms with Crippen LogP contribution in [0, 0.1) is 0 Å². The molecule has 1 saturated heterocycles. The number of hydrogen-bond acceptors (Lipinski definition) is 3. The molecule has 2 N–H and O–H groups in total. The minimum Gasteiger partial charge on any atom is -0.328 e. The van der Waals surface area contributed by atoms with Gasteiger partial charge in [-0.15, -0.1) is 0 Å². The highest BCUT2D eigenvalue weighted by atomic mass is 16.1. The maximum Gasteiger partial charge on any atom is 0.131 e. The maximum atomic E-state index is 10.7. The Morgan fingerprint density at radius 1 is 1.50 bits per heavy atom. The molecule has 0 aromatic carbocycles. The van der Waals surface area contributed by atoms with Crippen molar-refractivity contribution in [1.29, 1.82) is 0 Å². The van der Waals surface area contributed by atoms with Gasteiger partial charge in [0.2, 0.25) is 0 Å². The maximum absolute atomic E-state index is 10.7. The number of carbonyl (C=O) groups excluding carboxylic acids is 1. The van der Waals surface area contributed by atoms with Crippen LogP contribution in [0.4, 0.5) is 0 Å². The first-order valence-electron chi connectivity index (χ1n) is 4.66. The summed E-state index contributed by atoms with van der Waals surface area (Å²) in [6.45, 7) is 4.70. The average Bonchev–Trinajstić information content (AvgIpc) is 2.03. The number of likely N-dealkylation sites (tertiary alicyclic amines) is 1. The molecule has 0 aliphatic carbocycles. The zero-order valence-corrected chi connectivity index (χ0v) is 7.75. The number of nitrogens with zero attached hydrogens (tertiary/aromatic N) is 1. The van der Waals surface area contributed by atoms with Crippen LogP contribution in [0.2, 0.25) is 0 Å². The molecule has 0 spiro atoms. The molecule has 0 aromatic rings. The van der Waals surface area contributed by atoms with Crippen LogP contribution in [0.1, 0.15) is 26.2 Å². The van der Waals surface area contributed by atoms with Crippen LogP contribution in [0.15, 0.2) is 0 Å². The predicted octanol–water partition coefficient (Wildman–Crippen LogP) is 0.389. The van der Waals surface area contributed by atoms with Gasteiger partial charge < -0.3 is 10.6 Å². The van der Waals surface area contributed by atoms with Gasteiger partial charge in [-0.25, -0.2) is 0 Å². The Bertz CT molecular complexity index is 151. The van der Waals surface area contributed by atoms with Crippen LogP contribution in [0.3, 0.4) is 0 Å². The van der Waals surface area contributed by atoms with Crippen molar-refractivity contribution in [1.82, 2.24) is 4.90 Å². The first-order valence-corrected chi connectivity index (χ1v) is 4.66. The first-order chi connectivity index (χ1) is 5.68. The van der Waals surface area contributed by atoms with E-state index < -0.39 is 0 Å². The topological polar surface area (TPSA) is 46.3 Å². The van der Waals surface area contributed by atoms with E-state index in [4.69, 9.17) is 5.73 Å². The second-order valence-electron chi connectivity index (χ2n) is 3.63. The molecule has 0 saturated carbocycles. The zero-order valence-electron chi connectivity index (χ0n) is 7.75. The van der Waals surface area contributed by atoms with Crippen molar-refractivity contribution in [3.05, 3.63) is 0 Å². The standard InChI is InChI=1S/C9H18N2O/c1-8(12)2-5-11-6-3-9(10)4-7-11/h9H,2-7,10H2,1H3. The summed E-state index contributed by atoms with van der Waals surface area (Å²) in [7, 11) is 0. The van der Waals surface area contributed by atoms with Crippen LogP contribution in [-0.2, 0) is 4.79 Å². The van der Waals surface area contributed by atoms with Gasteiger partial charge in [-0.3, -0.25) is 4.79 Å². The van der Waals surface area contributed by atoms with E-state index in [1.54, 1.807) is 6.92 Å². The Morgan fingerprint density at radius 2 is 2.08 bits per heavy atom. The normalized spacial score (nSPS) is 21.2. The number of piperidine rings is 1. The fourth-order valence-corrected chi connectivity index (χ4v) is 1.49. The van der Waals surface area contributed by atoms with Crippen LogP contribution in [0.5, 0.6) is 0 Å². The van der Waals surface area contributed by atoms with Gasteiger partial charge >= 0.3 is 0 Å². The molecule has 1 fully saturated rings. The third kappa shape index (κ3) is 3.32. The average molecular weight is 170 g/mol. The van der Waals surface area contributed by atoms with Crippen molar-refractivity contribution in [3.63, 3.8) is 0 Å². The summed E-state index contributed by atoms with van der Waals surface area (Å²) in [5.74, 6) is 0.282. The number of carbonyl (C=O) groups is 1. The molecule has 0 bridgehead atoms. The second-order valence-corrected chi connectivity index (χ2v) is 3.63. The molecular weight excluding hydrogens is 152 g/mol. The molecule has 0 amide bonds. The third-order valence-corrected chi connectivity index (χ3v) is 2.41. The van der Waals surface area contributed by atoms with E-state index in [-0.39, 0.29) is 5.78 Å². The lowest BCUT2D eigenvalue weighted by atomic mass is 10.1. The van der Waals surface area contributed by atoms with Crippen molar-refractivity contribution in [2.45, 2.75) is 32.2 Å². The Kier molecular flexibility index (Phi) is 3.69. The number of Topliss-reactive ketones (excluding diaryl/α,β-unsaturated/α-hetero) is 1. The fraction of sp³-hybridized carbons (Fsp3) is 0.889. The number of ketones is 1. The Hall–Kier alpha value is -0.410. The van der Waals surface area contributed by atoms with Crippen molar-refractivity contribution in [3.8, 4) is 0 Å². The zero-order chi connectivity index (χ0) is 8.97. The first kappa shape index (κ1) is 9.68. The summed E-state index contributed by atoms with van der Waals surface area (Å²) < 4.78 is 0. The summed E-state index contributed by atoms with van der Waals surface area (Å²) in [5, 5.41) is 0. The monoisotopic (exact) mass is 170 g/mol. The quantitative estimate of drug-likeness (QED) is 0.666. The molecule has 1 aliphatic rings. The summed E-state index contributed by atoms with van der Waals surface area (Å²) >= 11 is 0. The van der Waals surface area contributed by atoms with Crippen molar-refractivity contribution >= 4 is 5.78 Å². The van der Waals surface area contributed by atoms with Crippen molar-refractivity contribution in [2.75, 3.05) is 19.6 Å². The highest BCUT2D eigenvalue weighted by Gasteiger charge is 2.15. The Labute approximate surface area is 73.9 Å². The molecule has 0 atom stereocenters. The second kappa shape index (κ2) is 4.58. The summed E-state index contributed by atoms with van der Waals surface area (Å²) in [5.41, 5.74) is 5.76. The van der Waals surface area contributed by atoms with Gasteiger partial charge in [0.25, 0.3) is 0 Å². The molecule has 1 aliphatic heterocycles. The molecular formula is C9H18N2O. The highest BCUT2D eigenvalue weighted by molar-refractivity contribution is 5.75. The van der Waals surface area contributed by atoms with Crippen molar-refractivity contribution in [2.24, 2.45) is 5.73 Å². The fourth-order valence-electron chi connectivity index (χ4n) is 1.49. The van der Waals surface area contributed by atoms with E-state index in [9.17, 15) is 4.79 Å². The Balaban J connectivity index is 2.13. The number of hydrogen-bond donors (Lipinski definition) is 1. The summed E-state index contributed by atoms with van der Waals surface area (Å²) in [6.07, 6.45) is 2.85. The molecule has 70 valence electrons. The lowest BCUT2D eigenvalue weighted by Gasteiger charge is -2.29. The van der Waals surface area contributed by atoms with Crippen LogP contribution < -0.4 is 5.73 Å².